The van der Waals surface area contributed by atoms with Gasteiger partial charge in [-0.15, -0.1) is 0 Å². The highest BCUT2D eigenvalue weighted by Crippen LogP contribution is 2.23. The Morgan fingerprint density at radius 3 is 2.57 bits per heavy atom. The number of rotatable bonds is 6. The molecule has 0 aromatic carbocycles. The van der Waals surface area contributed by atoms with Crippen molar-refractivity contribution in [3.8, 4) is 0 Å². The quantitative estimate of drug-likeness (QED) is 0.579. The van der Waals surface area contributed by atoms with Crippen molar-refractivity contribution in [3.05, 3.63) is 26.7 Å². The molecule has 1 saturated carbocycles. The van der Waals surface area contributed by atoms with Crippen LogP contribution in [0.25, 0.3) is 11.0 Å². The molecule has 1 N–H and O–H groups in total. The number of nitrogens with one attached hydrogen (secondary N) is 1. The zero-order valence-electron chi connectivity index (χ0n) is 16.8. The van der Waals surface area contributed by atoms with E-state index >= 15 is 0 Å². The largest absolute Gasteiger partial charge is 0.353 e. The SMILES string of the molecule is Cc1nc(SCC(=O)NC2CCCC2)c2c(=O)n(C)c(=O)n(CC(C)C)c2n1. The number of thioether (sulfide) groups is 1. The number of hydrogen-bond donors (Lipinski definition) is 1. The van der Waals surface area contributed by atoms with Crippen LogP contribution in [0.15, 0.2) is 14.6 Å². The van der Waals surface area contributed by atoms with E-state index in [9.17, 15) is 14.4 Å². The van der Waals surface area contributed by atoms with E-state index in [1.165, 1.54) is 23.4 Å². The first kappa shape index (κ1) is 20.6. The molecule has 1 amide bonds. The second-order valence-electron chi connectivity index (χ2n) is 7.76. The molecule has 2 heterocycles. The van der Waals surface area contributed by atoms with Crippen molar-refractivity contribution in [1.82, 2.24) is 24.4 Å². The Balaban J connectivity index is 1.98. The summed E-state index contributed by atoms with van der Waals surface area (Å²) in [5, 5.41) is 3.79. The molecule has 1 aliphatic rings. The van der Waals surface area contributed by atoms with E-state index in [-0.39, 0.29) is 29.3 Å². The fourth-order valence-corrected chi connectivity index (χ4v) is 4.42. The number of carbonyl (C=O) groups excluding carboxylic acids is 1. The molecule has 1 aliphatic carbocycles. The topological polar surface area (TPSA) is 98.9 Å². The van der Waals surface area contributed by atoms with Crippen molar-refractivity contribution in [2.24, 2.45) is 13.0 Å². The van der Waals surface area contributed by atoms with E-state index < -0.39 is 5.56 Å². The molecule has 0 radical (unpaired) electrons. The second kappa shape index (κ2) is 8.46. The maximum absolute atomic E-state index is 12.8. The fraction of sp³-hybridized carbons (Fsp3) is 0.632. The molecular weight excluding hydrogens is 378 g/mol. The van der Waals surface area contributed by atoms with Gasteiger partial charge in [-0.2, -0.15) is 0 Å². The highest BCUT2D eigenvalue weighted by atomic mass is 32.2. The van der Waals surface area contributed by atoms with Gasteiger partial charge in [0.1, 0.15) is 16.2 Å². The smallest absolute Gasteiger partial charge is 0.332 e. The lowest BCUT2D eigenvalue weighted by Gasteiger charge is -2.15. The van der Waals surface area contributed by atoms with E-state index in [2.05, 4.69) is 15.3 Å². The average molecular weight is 406 g/mol. The zero-order valence-corrected chi connectivity index (χ0v) is 17.6. The normalized spacial score (nSPS) is 14.9. The molecule has 0 aliphatic heterocycles. The summed E-state index contributed by atoms with van der Waals surface area (Å²) in [6.45, 7) is 6.18. The number of nitrogens with zero attached hydrogens (tertiary/aromatic N) is 4. The highest BCUT2D eigenvalue weighted by molar-refractivity contribution is 8.00. The Bertz CT molecular complexity index is 1010. The minimum Gasteiger partial charge on any atom is -0.353 e. The van der Waals surface area contributed by atoms with Gasteiger partial charge in [-0.25, -0.2) is 14.8 Å². The Morgan fingerprint density at radius 1 is 1.25 bits per heavy atom. The first-order valence-electron chi connectivity index (χ1n) is 9.68. The van der Waals surface area contributed by atoms with Crippen molar-refractivity contribution in [1.29, 1.82) is 0 Å². The van der Waals surface area contributed by atoms with Crippen LogP contribution in [0.1, 0.15) is 45.4 Å². The predicted octanol–water partition coefficient (Wildman–Crippen LogP) is 1.61. The molecule has 3 rings (SSSR count). The van der Waals surface area contributed by atoms with Crippen LogP contribution in [0.4, 0.5) is 0 Å². The average Bonchev–Trinajstić information content (AvgIpc) is 3.14. The standard InChI is InChI=1S/C19H27N5O3S/c1-11(2)9-24-16-15(18(26)23(4)19(24)27)17(21-12(3)20-16)28-10-14(25)22-13-7-5-6-8-13/h11,13H,5-10H2,1-4H3,(H,22,25). The molecule has 152 valence electrons. The summed E-state index contributed by atoms with van der Waals surface area (Å²) >= 11 is 1.22. The summed E-state index contributed by atoms with van der Waals surface area (Å²) in [6.07, 6.45) is 4.34. The molecule has 1 fully saturated rings. The zero-order chi connectivity index (χ0) is 20.4. The first-order valence-corrected chi connectivity index (χ1v) is 10.7. The maximum atomic E-state index is 12.8. The first-order chi connectivity index (χ1) is 13.3. The van der Waals surface area contributed by atoms with E-state index in [1.807, 2.05) is 13.8 Å². The lowest BCUT2D eigenvalue weighted by atomic mass is 10.2. The third kappa shape index (κ3) is 4.29. The Morgan fingerprint density at radius 2 is 1.93 bits per heavy atom. The van der Waals surface area contributed by atoms with Crippen molar-refractivity contribution in [3.63, 3.8) is 0 Å². The monoisotopic (exact) mass is 405 g/mol. The number of fused-ring (bicyclic) bond motifs is 1. The van der Waals surface area contributed by atoms with Crippen LogP contribution < -0.4 is 16.6 Å². The summed E-state index contributed by atoms with van der Waals surface area (Å²) in [4.78, 5) is 46.5. The predicted molar refractivity (Wildman–Crippen MR) is 110 cm³/mol. The second-order valence-corrected chi connectivity index (χ2v) is 8.73. The maximum Gasteiger partial charge on any atom is 0.332 e. The van der Waals surface area contributed by atoms with E-state index in [0.29, 0.717) is 28.4 Å². The van der Waals surface area contributed by atoms with Crippen molar-refractivity contribution < 1.29 is 4.79 Å². The van der Waals surface area contributed by atoms with Crippen LogP contribution >= 0.6 is 11.8 Å². The number of aryl methyl sites for hydroxylation is 1. The number of hydrogen-bond acceptors (Lipinski definition) is 6. The molecular formula is C19H27N5O3S. The van der Waals surface area contributed by atoms with Gasteiger partial charge in [0.2, 0.25) is 5.91 Å². The number of amides is 1. The Labute approximate surface area is 167 Å². The molecule has 2 aromatic rings. The van der Waals surface area contributed by atoms with Gasteiger partial charge >= 0.3 is 5.69 Å². The van der Waals surface area contributed by atoms with E-state index in [0.717, 1.165) is 30.3 Å². The van der Waals surface area contributed by atoms with E-state index in [1.54, 1.807) is 6.92 Å². The van der Waals surface area contributed by atoms with Crippen molar-refractivity contribution in [2.45, 2.75) is 64.1 Å². The van der Waals surface area contributed by atoms with Gasteiger partial charge < -0.3 is 5.32 Å². The fourth-order valence-electron chi connectivity index (χ4n) is 3.55. The third-order valence-corrected chi connectivity index (χ3v) is 5.84. The van der Waals surface area contributed by atoms with Crippen LogP contribution in [-0.2, 0) is 18.4 Å². The van der Waals surface area contributed by atoms with Gasteiger partial charge in [0.05, 0.1) is 5.75 Å². The molecule has 9 heteroatoms. The Kier molecular flexibility index (Phi) is 6.22. The molecule has 0 atom stereocenters. The van der Waals surface area contributed by atoms with E-state index in [4.69, 9.17) is 0 Å². The third-order valence-electron chi connectivity index (χ3n) is 4.87. The van der Waals surface area contributed by atoms with Gasteiger partial charge in [0, 0.05) is 19.6 Å². The molecule has 0 unspecified atom stereocenters. The van der Waals surface area contributed by atoms with Crippen molar-refractivity contribution in [2.75, 3.05) is 5.75 Å². The summed E-state index contributed by atoms with van der Waals surface area (Å²) < 4.78 is 2.62. The van der Waals surface area contributed by atoms with Crippen LogP contribution in [0.3, 0.4) is 0 Å². The molecule has 0 saturated heterocycles. The summed E-state index contributed by atoms with van der Waals surface area (Å²) in [5.41, 5.74) is -0.481. The van der Waals surface area contributed by atoms with Gasteiger partial charge in [0.15, 0.2) is 5.65 Å². The lowest BCUT2D eigenvalue weighted by Crippen LogP contribution is -2.39. The van der Waals surface area contributed by atoms with Crippen LogP contribution in [-0.4, -0.2) is 36.8 Å². The highest BCUT2D eigenvalue weighted by Gasteiger charge is 2.21. The van der Waals surface area contributed by atoms with Gasteiger partial charge in [0.25, 0.3) is 5.56 Å². The lowest BCUT2D eigenvalue weighted by molar-refractivity contribution is -0.119. The summed E-state index contributed by atoms with van der Waals surface area (Å²) in [6, 6.07) is 0.251. The van der Waals surface area contributed by atoms with Gasteiger partial charge in [-0.1, -0.05) is 38.5 Å². The molecule has 0 bridgehead atoms. The van der Waals surface area contributed by atoms with Crippen LogP contribution in [0, 0.1) is 12.8 Å². The number of aromatic nitrogens is 4. The van der Waals surface area contributed by atoms with Crippen LogP contribution in [0.5, 0.6) is 0 Å². The summed E-state index contributed by atoms with van der Waals surface area (Å²) in [7, 11) is 1.46. The number of carbonyl (C=O) groups is 1. The minimum absolute atomic E-state index is 0.0614. The summed E-state index contributed by atoms with van der Waals surface area (Å²) in [5.74, 6) is 0.793. The molecule has 0 spiro atoms. The molecule has 8 nitrogen and oxygen atoms in total. The van der Waals surface area contributed by atoms with Crippen LogP contribution in [0.2, 0.25) is 0 Å². The van der Waals surface area contributed by atoms with Crippen molar-refractivity contribution >= 4 is 28.7 Å². The van der Waals surface area contributed by atoms with Gasteiger partial charge in [-0.3, -0.25) is 18.7 Å². The van der Waals surface area contributed by atoms with Gasteiger partial charge in [-0.05, 0) is 25.7 Å². The molecule has 2 aromatic heterocycles. The minimum atomic E-state index is -0.432. The Hall–Kier alpha value is -2.16. The molecule has 28 heavy (non-hydrogen) atoms.